The number of fused-ring (bicyclic) bond motifs is 1. The van der Waals surface area contributed by atoms with E-state index in [4.69, 9.17) is 9.84 Å². The molecule has 72 valence electrons. The van der Waals surface area contributed by atoms with E-state index >= 15 is 0 Å². The van der Waals surface area contributed by atoms with Gasteiger partial charge >= 0.3 is 5.97 Å². The zero-order valence-corrected chi connectivity index (χ0v) is 7.19. The molecule has 0 radical (unpaired) electrons. The second-order valence-corrected chi connectivity index (χ2v) is 3.55. The number of aliphatic hydroxyl groups excluding tert-OH is 1. The molecule has 0 aromatic heterocycles. The van der Waals surface area contributed by atoms with Gasteiger partial charge in [-0.25, -0.2) is 0 Å². The average Bonchev–Trinajstić information content (AvgIpc) is 2.52. The van der Waals surface area contributed by atoms with E-state index in [9.17, 15) is 9.90 Å². The molecule has 0 bridgehead atoms. The molecule has 1 fully saturated rings. The maximum absolute atomic E-state index is 11.1. The van der Waals surface area contributed by atoms with Gasteiger partial charge in [0, 0.05) is 5.57 Å². The highest BCUT2D eigenvalue weighted by Gasteiger charge is 2.45. The largest absolute Gasteiger partial charge is 0.426 e. The van der Waals surface area contributed by atoms with Crippen LogP contribution in [0.15, 0.2) is 11.6 Å². The van der Waals surface area contributed by atoms with E-state index in [-0.39, 0.29) is 5.92 Å². The normalized spacial score (nSPS) is 38.2. The zero-order chi connectivity index (χ0) is 9.47. The summed E-state index contributed by atoms with van der Waals surface area (Å²) >= 11 is 0. The fraction of sp³-hybridized carbons (Fsp3) is 0.667. The number of esters is 1. The molecule has 1 aliphatic carbocycles. The van der Waals surface area contributed by atoms with Crippen LogP contribution in [0, 0.1) is 5.92 Å². The minimum atomic E-state index is -1.74. The monoisotopic (exact) mass is 184 g/mol. The number of aliphatic hydroxyl groups is 2. The van der Waals surface area contributed by atoms with Crippen molar-refractivity contribution in [1.29, 1.82) is 0 Å². The van der Waals surface area contributed by atoms with Crippen LogP contribution in [0.25, 0.3) is 0 Å². The lowest BCUT2D eigenvalue weighted by Gasteiger charge is -2.35. The van der Waals surface area contributed by atoms with E-state index in [0.717, 1.165) is 12.8 Å². The first-order valence-electron chi connectivity index (χ1n) is 4.41. The van der Waals surface area contributed by atoms with E-state index in [2.05, 4.69) is 0 Å². The summed E-state index contributed by atoms with van der Waals surface area (Å²) in [6, 6.07) is 0. The first-order valence-corrected chi connectivity index (χ1v) is 4.41. The Labute approximate surface area is 75.8 Å². The summed E-state index contributed by atoms with van der Waals surface area (Å²) in [5.41, 5.74) is 0.676. The molecule has 2 rings (SSSR count). The van der Waals surface area contributed by atoms with Gasteiger partial charge in [-0.2, -0.15) is 0 Å². The third-order valence-electron chi connectivity index (χ3n) is 2.68. The van der Waals surface area contributed by atoms with Crippen molar-refractivity contribution in [3.63, 3.8) is 0 Å². The van der Waals surface area contributed by atoms with Crippen molar-refractivity contribution < 1.29 is 19.7 Å². The number of allylic oxidation sites excluding steroid dienone is 1. The maximum atomic E-state index is 11.1. The van der Waals surface area contributed by atoms with Crippen molar-refractivity contribution in [2.75, 3.05) is 6.61 Å². The lowest BCUT2D eigenvalue weighted by atomic mass is 9.89. The van der Waals surface area contributed by atoms with Crippen LogP contribution in [0.1, 0.15) is 19.3 Å². The minimum Gasteiger partial charge on any atom is -0.426 e. The van der Waals surface area contributed by atoms with Crippen molar-refractivity contribution in [3.05, 3.63) is 11.6 Å². The number of hydrogen-bond acceptors (Lipinski definition) is 4. The number of ether oxygens (including phenoxy) is 1. The number of carbonyl (C=O) groups excluding carboxylic acids is 1. The second-order valence-electron chi connectivity index (χ2n) is 3.55. The average molecular weight is 184 g/mol. The third-order valence-corrected chi connectivity index (χ3v) is 2.68. The van der Waals surface area contributed by atoms with Crippen molar-refractivity contribution in [1.82, 2.24) is 0 Å². The lowest BCUT2D eigenvalue weighted by molar-refractivity contribution is -0.217. The quantitative estimate of drug-likeness (QED) is 0.443. The Morgan fingerprint density at radius 1 is 1.69 bits per heavy atom. The molecule has 2 unspecified atom stereocenters. The first-order chi connectivity index (χ1) is 6.15. The third kappa shape index (κ3) is 1.26. The van der Waals surface area contributed by atoms with Gasteiger partial charge in [0.25, 0.3) is 5.79 Å². The van der Waals surface area contributed by atoms with Gasteiger partial charge in [0.2, 0.25) is 0 Å². The summed E-state index contributed by atoms with van der Waals surface area (Å²) in [4.78, 5) is 11.1. The SMILES string of the molecule is O=C1CC2CCC=C2C(O)(CO)O1. The van der Waals surface area contributed by atoms with Gasteiger partial charge in [0.05, 0.1) is 6.42 Å². The van der Waals surface area contributed by atoms with Crippen molar-refractivity contribution >= 4 is 5.97 Å². The molecule has 0 amide bonds. The minimum absolute atomic E-state index is 0.0680. The van der Waals surface area contributed by atoms with Crippen LogP contribution in [0.3, 0.4) is 0 Å². The molecule has 0 aromatic carbocycles. The molecule has 0 aromatic rings. The standard InChI is InChI=1S/C9H12O4/c10-5-9(12)7-3-1-2-6(7)4-8(11)13-9/h3,6,10,12H,1-2,4-5H2. The van der Waals surface area contributed by atoms with Gasteiger partial charge in [-0.15, -0.1) is 0 Å². The maximum Gasteiger partial charge on any atom is 0.309 e. The Morgan fingerprint density at radius 2 is 2.46 bits per heavy atom. The number of rotatable bonds is 1. The number of hydrogen-bond donors (Lipinski definition) is 2. The molecule has 0 spiro atoms. The molecule has 2 aliphatic rings. The van der Waals surface area contributed by atoms with Crippen molar-refractivity contribution in [2.24, 2.45) is 5.92 Å². The van der Waals surface area contributed by atoms with Gasteiger partial charge in [0.15, 0.2) is 0 Å². The number of carbonyl (C=O) groups is 1. The van der Waals surface area contributed by atoms with Gasteiger partial charge < -0.3 is 14.9 Å². The fourth-order valence-electron chi connectivity index (χ4n) is 2.07. The molecule has 0 saturated carbocycles. The van der Waals surface area contributed by atoms with Gasteiger partial charge in [-0.05, 0) is 18.8 Å². The van der Waals surface area contributed by atoms with Gasteiger partial charge in [-0.1, -0.05) is 6.08 Å². The summed E-state index contributed by atoms with van der Waals surface area (Å²) in [6.45, 7) is -0.554. The lowest BCUT2D eigenvalue weighted by Crippen LogP contribution is -2.46. The molecule has 13 heavy (non-hydrogen) atoms. The van der Waals surface area contributed by atoms with E-state index in [1.165, 1.54) is 0 Å². The molecular formula is C9H12O4. The highest BCUT2D eigenvalue weighted by Crippen LogP contribution is 2.40. The molecule has 2 atom stereocenters. The van der Waals surface area contributed by atoms with E-state index < -0.39 is 18.4 Å². The van der Waals surface area contributed by atoms with E-state index in [1.54, 1.807) is 0 Å². The first kappa shape index (κ1) is 8.72. The van der Waals surface area contributed by atoms with Crippen LogP contribution in [0.4, 0.5) is 0 Å². The smallest absolute Gasteiger partial charge is 0.309 e. The summed E-state index contributed by atoms with van der Waals surface area (Å²) in [7, 11) is 0. The highest BCUT2D eigenvalue weighted by atomic mass is 16.7. The summed E-state index contributed by atoms with van der Waals surface area (Å²) in [6.07, 6.45) is 3.90. The molecule has 1 heterocycles. The molecule has 2 N–H and O–H groups in total. The van der Waals surface area contributed by atoms with Crippen LogP contribution in [0.2, 0.25) is 0 Å². The number of cyclic esters (lactones) is 1. The van der Waals surface area contributed by atoms with Crippen LogP contribution in [0.5, 0.6) is 0 Å². The predicted molar refractivity (Wildman–Crippen MR) is 43.6 cm³/mol. The van der Waals surface area contributed by atoms with Gasteiger partial charge in [-0.3, -0.25) is 4.79 Å². The molecule has 4 nitrogen and oxygen atoms in total. The molecule has 1 saturated heterocycles. The second kappa shape index (κ2) is 2.82. The van der Waals surface area contributed by atoms with Crippen LogP contribution in [-0.4, -0.2) is 28.6 Å². The molecule has 1 aliphatic heterocycles. The van der Waals surface area contributed by atoms with Crippen LogP contribution < -0.4 is 0 Å². The highest BCUT2D eigenvalue weighted by molar-refractivity contribution is 5.73. The van der Waals surface area contributed by atoms with E-state index in [1.807, 2.05) is 6.08 Å². The topological polar surface area (TPSA) is 66.8 Å². The Morgan fingerprint density at radius 3 is 3.15 bits per heavy atom. The Bertz CT molecular complexity index is 271. The Kier molecular flexibility index (Phi) is 1.89. The molecular weight excluding hydrogens is 172 g/mol. The molecule has 4 heteroatoms. The summed E-state index contributed by atoms with van der Waals surface area (Å²) in [5, 5.41) is 18.7. The Balaban J connectivity index is 2.30. The van der Waals surface area contributed by atoms with Crippen LogP contribution in [-0.2, 0) is 9.53 Å². The summed E-state index contributed by atoms with van der Waals surface area (Å²) in [5.74, 6) is -2.10. The zero-order valence-electron chi connectivity index (χ0n) is 7.19. The van der Waals surface area contributed by atoms with Crippen molar-refractivity contribution in [3.8, 4) is 0 Å². The van der Waals surface area contributed by atoms with Gasteiger partial charge in [0.1, 0.15) is 6.61 Å². The van der Waals surface area contributed by atoms with Crippen molar-refractivity contribution in [2.45, 2.75) is 25.0 Å². The summed E-state index contributed by atoms with van der Waals surface area (Å²) < 4.78 is 4.74. The fourth-order valence-corrected chi connectivity index (χ4v) is 2.07. The van der Waals surface area contributed by atoms with Crippen LogP contribution >= 0.6 is 0 Å². The predicted octanol–water partition coefficient (Wildman–Crippen LogP) is -0.0494. The Hall–Kier alpha value is -0.870. The van der Waals surface area contributed by atoms with E-state index in [0.29, 0.717) is 12.0 Å².